The number of carbonyl (C=O) groups is 1. The Morgan fingerprint density at radius 3 is 2.72 bits per heavy atom. The number of aromatic nitrogens is 5. The molecule has 4 aromatic rings. The van der Waals surface area contributed by atoms with Crippen molar-refractivity contribution in [2.24, 2.45) is 0 Å². The van der Waals surface area contributed by atoms with Crippen LogP contribution in [0.2, 0.25) is 0 Å². The van der Waals surface area contributed by atoms with Crippen molar-refractivity contribution in [1.82, 2.24) is 30.4 Å². The Labute approximate surface area is 161 Å². The normalized spacial score (nSPS) is 11.7. The summed E-state index contributed by atoms with van der Waals surface area (Å²) in [4.78, 5) is 26.8. The Balaban J connectivity index is 1.68. The van der Waals surface area contributed by atoms with E-state index in [-0.39, 0.29) is 11.7 Å². The number of carbonyl (C=O) groups excluding carboxylic acids is 1. The van der Waals surface area contributed by atoms with E-state index in [2.05, 4.69) is 34.9 Å². The van der Waals surface area contributed by atoms with E-state index in [9.17, 15) is 18.0 Å². The monoisotopic (exact) mass is 402 g/mol. The van der Waals surface area contributed by atoms with Crippen molar-refractivity contribution in [3.05, 3.63) is 48.2 Å². The standard InChI is InChI=1S/C18H13F3N6O2/c1-2-22-16(28)13-7-10-6-12(24-8-14(10)25-13)11-5-9(3-4-23-11)15-26-17(29-27-15)18(19,20)21/h3-8,25H,2H2,1H3,(H,22,28). The second-order valence-electron chi connectivity index (χ2n) is 6.05. The van der Waals surface area contributed by atoms with Crippen LogP contribution in [0.25, 0.3) is 33.7 Å². The molecule has 0 spiro atoms. The van der Waals surface area contributed by atoms with Gasteiger partial charge in [0.25, 0.3) is 5.91 Å². The molecule has 0 atom stereocenters. The fraction of sp³-hybridized carbons (Fsp3) is 0.167. The van der Waals surface area contributed by atoms with Crippen molar-refractivity contribution in [3.8, 4) is 22.8 Å². The minimum absolute atomic E-state index is 0.206. The van der Waals surface area contributed by atoms with Crippen molar-refractivity contribution in [3.63, 3.8) is 0 Å². The van der Waals surface area contributed by atoms with Crippen LogP contribution in [-0.4, -0.2) is 37.5 Å². The summed E-state index contributed by atoms with van der Waals surface area (Å²) in [6.07, 6.45) is -1.75. The van der Waals surface area contributed by atoms with Crippen LogP contribution in [0.5, 0.6) is 0 Å². The maximum Gasteiger partial charge on any atom is 0.471 e. The number of fused-ring (bicyclic) bond motifs is 1. The number of amides is 1. The van der Waals surface area contributed by atoms with Gasteiger partial charge in [0, 0.05) is 23.7 Å². The molecule has 0 fully saturated rings. The number of nitrogens with zero attached hydrogens (tertiary/aromatic N) is 4. The van der Waals surface area contributed by atoms with Gasteiger partial charge in [-0.25, -0.2) is 0 Å². The number of nitrogens with one attached hydrogen (secondary N) is 2. The molecule has 0 bridgehead atoms. The van der Waals surface area contributed by atoms with Crippen LogP contribution in [0.3, 0.4) is 0 Å². The van der Waals surface area contributed by atoms with E-state index in [0.717, 1.165) is 5.39 Å². The molecule has 0 radical (unpaired) electrons. The fourth-order valence-corrected chi connectivity index (χ4v) is 2.72. The van der Waals surface area contributed by atoms with Crippen molar-refractivity contribution < 1.29 is 22.5 Å². The van der Waals surface area contributed by atoms with Gasteiger partial charge in [0.2, 0.25) is 5.82 Å². The van der Waals surface area contributed by atoms with E-state index in [1.54, 1.807) is 18.3 Å². The van der Waals surface area contributed by atoms with Gasteiger partial charge in [0.05, 0.1) is 23.1 Å². The van der Waals surface area contributed by atoms with Gasteiger partial charge in [0.15, 0.2) is 0 Å². The van der Waals surface area contributed by atoms with Crippen molar-refractivity contribution in [2.45, 2.75) is 13.1 Å². The average molecular weight is 402 g/mol. The van der Waals surface area contributed by atoms with Gasteiger partial charge in [-0.1, -0.05) is 5.16 Å². The highest BCUT2D eigenvalue weighted by molar-refractivity contribution is 5.98. The Bertz CT molecular complexity index is 1200. The van der Waals surface area contributed by atoms with E-state index in [1.165, 1.54) is 18.3 Å². The van der Waals surface area contributed by atoms with Gasteiger partial charge < -0.3 is 14.8 Å². The molecule has 0 saturated carbocycles. The molecule has 2 N–H and O–H groups in total. The van der Waals surface area contributed by atoms with E-state index in [4.69, 9.17) is 0 Å². The van der Waals surface area contributed by atoms with E-state index >= 15 is 0 Å². The quantitative estimate of drug-likeness (QED) is 0.541. The van der Waals surface area contributed by atoms with E-state index in [1.807, 2.05) is 6.92 Å². The van der Waals surface area contributed by atoms with Crippen LogP contribution >= 0.6 is 0 Å². The number of alkyl halides is 3. The molecule has 0 saturated heterocycles. The lowest BCUT2D eigenvalue weighted by atomic mass is 10.1. The number of rotatable bonds is 4. The summed E-state index contributed by atoms with van der Waals surface area (Å²) in [5.41, 5.74) is 2.24. The third kappa shape index (κ3) is 3.66. The Kier molecular flexibility index (Phi) is 4.49. The summed E-state index contributed by atoms with van der Waals surface area (Å²) >= 11 is 0. The predicted octanol–water partition coefficient (Wildman–Crippen LogP) is 3.44. The highest BCUT2D eigenvalue weighted by Crippen LogP contribution is 2.30. The first-order chi connectivity index (χ1) is 13.8. The van der Waals surface area contributed by atoms with Crippen LogP contribution in [0.4, 0.5) is 13.2 Å². The van der Waals surface area contributed by atoms with Gasteiger partial charge in [-0.2, -0.15) is 18.2 Å². The summed E-state index contributed by atoms with van der Waals surface area (Å²) in [5.74, 6) is -1.86. The highest BCUT2D eigenvalue weighted by Gasteiger charge is 2.38. The second-order valence-corrected chi connectivity index (χ2v) is 6.05. The molecule has 8 nitrogen and oxygen atoms in total. The van der Waals surface area contributed by atoms with Crippen LogP contribution in [0, 0.1) is 0 Å². The summed E-state index contributed by atoms with van der Waals surface area (Å²) in [6, 6.07) is 6.38. The lowest BCUT2D eigenvalue weighted by molar-refractivity contribution is -0.159. The van der Waals surface area contributed by atoms with Crippen LogP contribution in [0.15, 0.2) is 41.2 Å². The molecular weight excluding hydrogens is 389 g/mol. The zero-order valence-electron chi connectivity index (χ0n) is 14.9. The molecule has 4 rings (SSSR count). The molecule has 4 aromatic heterocycles. The Morgan fingerprint density at radius 1 is 1.21 bits per heavy atom. The van der Waals surface area contributed by atoms with Crippen molar-refractivity contribution >= 4 is 16.8 Å². The summed E-state index contributed by atoms with van der Waals surface area (Å²) in [7, 11) is 0. The topological polar surface area (TPSA) is 110 Å². The maximum absolute atomic E-state index is 12.7. The molecule has 0 unspecified atom stereocenters. The smallest absolute Gasteiger partial charge is 0.351 e. The van der Waals surface area contributed by atoms with E-state index in [0.29, 0.717) is 34.7 Å². The first kappa shape index (κ1) is 18.6. The average Bonchev–Trinajstić information content (AvgIpc) is 3.35. The molecule has 0 aliphatic rings. The number of hydrogen-bond donors (Lipinski definition) is 2. The van der Waals surface area contributed by atoms with Crippen molar-refractivity contribution in [2.75, 3.05) is 6.54 Å². The van der Waals surface area contributed by atoms with Gasteiger partial charge in [0.1, 0.15) is 5.69 Å². The minimum Gasteiger partial charge on any atom is -0.351 e. The zero-order valence-corrected chi connectivity index (χ0v) is 14.9. The van der Waals surface area contributed by atoms with Crippen LogP contribution in [0.1, 0.15) is 23.3 Å². The fourth-order valence-electron chi connectivity index (χ4n) is 2.72. The molecule has 1 amide bonds. The molecular formula is C18H13F3N6O2. The molecule has 148 valence electrons. The third-order valence-corrected chi connectivity index (χ3v) is 4.04. The number of halogens is 3. The van der Waals surface area contributed by atoms with Crippen LogP contribution in [-0.2, 0) is 6.18 Å². The summed E-state index contributed by atoms with van der Waals surface area (Å²) in [5, 5.41) is 6.81. The largest absolute Gasteiger partial charge is 0.471 e. The summed E-state index contributed by atoms with van der Waals surface area (Å²) < 4.78 is 42.3. The highest BCUT2D eigenvalue weighted by atomic mass is 19.4. The Morgan fingerprint density at radius 2 is 2.00 bits per heavy atom. The van der Waals surface area contributed by atoms with Gasteiger partial charge in [-0.05, 0) is 31.2 Å². The first-order valence-corrected chi connectivity index (χ1v) is 8.50. The molecule has 11 heteroatoms. The maximum atomic E-state index is 12.7. The third-order valence-electron chi connectivity index (χ3n) is 4.04. The second kappa shape index (κ2) is 7.00. The molecule has 4 heterocycles. The SMILES string of the molecule is CCNC(=O)c1cc2cc(-c3cc(-c4noc(C(F)(F)F)n4)ccn3)ncc2[nH]1. The van der Waals surface area contributed by atoms with Crippen molar-refractivity contribution in [1.29, 1.82) is 0 Å². The van der Waals surface area contributed by atoms with Gasteiger partial charge in [-0.15, -0.1) is 0 Å². The van der Waals surface area contributed by atoms with E-state index < -0.39 is 12.1 Å². The number of pyridine rings is 2. The number of hydrogen-bond acceptors (Lipinski definition) is 6. The Hall–Kier alpha value is -3.76. The van der Waals surface area contributed by atoms with Gasteiger partial charge >= 0.3 is 12.1 Å². The number of H-pyrrole nitrogens is 1. The molecule has 0 aliphatic carbocycles. The first-order valence-electron chi connectivity index (χ1n) is 8.50. The zero-order chi connectivity index (χ0) is 20.6. The number of aromatic amines is 1. The molecule has 0 aromatic carbocycles. The summed E-state index contributed by atoms with van der Waals surface area (Å²) in [6.45, 7) is 2.32. The minimum atomic E-state index is -4.72. The molecule has 0 aliphatic heterocycles. The predicted molar refractivity (Wildman–Crippen MR) is 95.6 cm³/mol. The molecule has 29 heavy (non-hydrogen) atoms. The lowest BCUT2D eigenvalue weighted by Crippen LogP contribution is -2.22. The van der Waals surface area contributed by atoms with Gasteiger partial charge in [-0.3, -0.25) is 14.8 Å². The van der Waals surface area contributed by atoms with Crippen LogP contribution < -0.4 is 5.32 Å². The lowest BCUT2D eigenvalue weighted by Gasteiger charge is -2.02.